The molecular formula is C20H18O3. The maximum Gasteiger partial charge on any atom is 0.336 e. The predicted octanol–water partition coefficient (Wildman–Crippen LogP) is 5.38. The number of aryl methyl sites for hydroxylation is 1. The second-order valence-corrected chi connectivity index (χ2v) is 5.37. The summed E-state index contributed by atoms with van der Waals surface area (Å²) in [5.74, 6) is 0. The third kappa shape index (κ3) is 2.78. The van der Waals surface area contributed by atoms with Crippen LogP contribution in [-0.2, 0) is 0 Å². The maximum atomic E-state index is 11.9. The van der Waals surface area contributed by atoms with Crippen LogP contribution >= 0.6 is 0 Å². The molecule has 3 nitrogen and oxygen atoms in total. The Bertz CT molecular complexity index is 1010. The van der Waals surface area contributed by atoms with Gasteiger partial charge in [-0.3, -0.25) is 0 Å². The molecule has 116 valence electrons. The quantitative estimate of drug-likeness (QED) is 0.482. The fraction of sp³-hybridized carbons (Fsp3) is 0.150. The van der Waals surface area contributed by atoms with Gasteiger partial charge in [0, 0.05) is 22.9 Å². The van der Waals surface area contributed by atoms with Crippen LogP contribution in [0.25, 0.3) is 27.5 Å². The van der Waals surface area contributed by atoms with E-state index < -0.39 is 0 Å². The molecule has 0 amide bonds. The van der Waals surface area contributed by atoms with Crippen molar-refractivity contribution in [1.29, 1.82) is 0 Å². The Morgan fingerprint density at radius 3 is 2.61 bits per heavy atom. The minimum absolute atomic E-state index is 0.367. The summed E-state index contributed by atoms with van der Waals surface area (Å²) in [7, 11) is 0. The summed E-state index contributed by atoms with van der Waals surface area (Å²) in [4.78, 5) is 11.9. The average Bonchev–Trinajstić information content (AvgIpc) is 2.90. The fourth-order valence-corrected chi connectivity index (χ4v) is 2.66. The number of furan rings is 1. The van der Waals surface area contributed by atoms with E-state index in [1.54, 1.807) is 18.4 Å². The minimum atomic E-state index is -0.367. The van der Waals surface area contributed by atoms with E-state index >= 15 is 0 Å². The molecular weight excluding hydrogens is 288 g/mol. The summed E-state index contributed by atoms with van der Waals surface area (Å²) in [6.07, 6.45) is 11.6. The van der Waals surface area contributed by atoms with Crippen LogP contribution in [0, 0.1) is 6.92 Å². The van der Waals surface area contributed by atoms with E-state index in [0.717, 1.165) is 33.1 Å². The molecule has 2 aromatic heterocycles. The van der Waals surface area contributed by atoms with Gasteiger partial charge in [0.05, 0.1) is 6.26 Å². The van der Waals surface area contributed by atoms with Crippen molar-refractivity contribution in [2.24, 2.45) is 0 Å². The van der Waals surface area contributed by atoms with Crippen molar-refractivity contribution in [3.8, 4) is 0 Å². The molecule has 0 fully saturated rings. The van der Waals surface area contributed by atoms with Crippen LogP contribution in [0.2, 0.25) is 0 Å². The molecule has 0 saturated heterocycles. The molecule has 0 unspecified atom stereocenters. The second-order valence-electron chi connectivity index (χ2n) is 5.37. The summed E-state index contributed by atoms with van der Waals surface area (Å²) in [5, 5.41) is 1.93. The van der Waals surface area contributed by atoms with Gasteiger partial charge in [-0.1, -0.05) is 30.4 Å². The topological polar surface area (TPSA) is 43.4 Å². The molecule has 0 aliphatic heterocycles. The Hall–Kier alpha value is -2.81. The Labute approximate surface area is 134 Å². The summed E-state index contributed by atoms with van der Waals surface area (Å²) in [5.41, 5.74) is 3.79. The number of allylic oxidation sites excluding steroid dienone is 6. The van der Waals surface area contributed by atoms with Crippen LogP contribution in [-0.4, -0.2) is 0 Å². The number of fused-ring (bicyclic) bond motifs is 2. The first kappa shape index (κ1) is 15.1. The number of benzene rings is 1. The molecule has 3 heteroatoms. The van der Waals surface area contributed by atoms with Crippen molar-refractivity contribution >= 4 is 27.5 Å². The number of rotatable bonds is 3. The largest absolute Gasteiger partial charge is 0.464 e. The number of hydrogen-bond acceptors (Lipinski definition) is 3. The summed E-state index contributed by atoms with van der Waals surface area (Å²) in [6.45, 7) is 5.92. The summed E-state index contributed by atoms with van der Waals surface area (Å²) in [6, 6.07) is 5.35. The molecule has 0 aliphatic carbocycles. The molecule has 2 heterocycles. The molecule has 1 aromatic carbocycles. The van der Waals surface area contributed by atoms with Gasteiger partial charge in [-0.25, -0.2) is 4.79 Å². The van der Waals surface area contributed by atoms with Crippen LogP contribution in [0.5, 0.6) is 0 Å². The van der Waals surface area contributed by atoms with Gasteiger partial charge in [0.15, 0.2) is 0 Å². The second kappa shape index (κ2) is 6.13. The van der Waals surface area contributed by atoms with Crippen LogP contribution < -0.4 is 5.63 Å². The number of hydrogen-bond donors (Lipinski definition) is 0. The van der Waals surface area contributed by atoms with Gasteiger partial charge >= 0.3 is 5.63 Å². The monoisotopic (exact) mass is 306 g/mol. The SMILES string of the molecule is C\C=C/C=C\C(=C\C)c1cc(=O)oc2cc3occ(C)c3cc12. The van der Waals surface area contributed by atoms with Crippen molar-refractivity contribution in [2.75, 3.05) is 0 Å². The standard InChI is InChI=1S/C20H18O3/c1-4-6-7-8-14(5-2)16-10-20(21)23-19-11-18-15(9-17(16)19)13(3)12-22-18/h4-12H,1-3H3/b6-4-,8-7-,14-5-. The lowest BCUT2D eigenvalue weighted by molar-refractivity contribution is 0.558. The van der Waals surface area contributed by atoms with Gasteiger partial charge in [-0.15, -0.1) is 0 Å². The summed E-state index contributed by atoms with van der Waals surface area (Å²) < 4.78 is 10.9. The molecule has 0 atom stereocenters. The smallest absolute Gasteiger partial charge is 0.336 e. The normalized spacial score (nSPS) is 13.1. The van der Waals surface area contributed by atoms with Crippen LogP contribution in [0.1, 0.15) is 25.0 Å². The van der Waals surface area contributed by atoms with Crippen molar-refractivity contribution in [3.63, 3.8) is 0 Å². The van der Waals surface area contributed by atoms with E-state index in [-0.39, 0.29) is 5.63 Å². The van der Waals surface area contributed by atoms with Gasteiger partial charge < -0.3 is 8.83 Å². The van der Waals surface area contributed by atoms with Gasteiger partial charge in [-0.05, 0) is 43.5 Å². The molecule has 0 radical (unpaired) electrons. The van der Waals surface area contributed by atoms with Gasteiger partial charge in [0.1, 0.15) is 11.2 Å². The first-order valence-electron chi connectivity index (χ1n) is 7.55. The van der Waals surface area contributed by atoms with Gasteiger partial charge in [0.25, 0.3) is 0 Å². The lowest BCUT2D eigenvalue weighted by atomic mass is 9.99. The maximum absolute atomic E-state index is 11.9. The lowest BCUT2D eigenvalue weighted by Crippen LogP contribution is -1.99. The molecule has 0 saturated carbocycles. The predicted molar refractivity (Wildman–Crippen MR) is 94.6 cm³/mol. The Morgan fingerprint density at radius 1 is 1.04 bits per heavy atom. The third-order valence-electron chi connectivity index (χ3n) is 3.83. The Kier molecular flexibility index (Phi) is 4.02. The van der Waals surface area contributed by atoms with E-state index in [1.165, 1.54) is 0 Å². The van der Waals surface area contributed by atoms with E-state index in [1.807, 2.05) is 57.2 Å². The van der Waals surface area contributed by atoms with Crippen molar-refractivity contribution < 1.29 is 8.83 Å². The van der Waals surface area contributed by atoms with Crippen LogP contribution in [0.4, 0.5) is 0 Å². The van der Waals surface area contributed by atoms with E-state index in [0.29, 0.717) is 5.58 Å². The zero-order valence-corrected chi connectivity index (χ0v) is 13.4. The summed E-state index contributed by atoms with van der Waals surface area (Å²) >= 11 is 0. The highest BCUT2D eigenvalue weighted by Gasteiger charge is 2.12. The molecule has 23 heavy (non-hydrogen) atoms. The first-order chi connectivity index (χ1) is 11.1. The van der Waals surface area contributed by atoms with E-state index in [4.69, 9.17) is 8.83 Å². The molecule has 3 aromatic rings. The molecule has 0 aliphatic rings. The van der Waals surface area contributed by atoms with E-state index in [9.17, 15) is 4.79 Å². The zero-order valence-electron chi connectivity index (χ0n) is 13.4. The van der Waals surface area contributed by atoms with Crippen LogP contribution in [0.3, 0.4) is 0 Å². The molecule has 0 N–H and O–H groups in total. The van der Waals surface area contributed by atoms with Gasteiger partial charge in [-0.2, -0.15) is 0 Å². The zero-order chi connectivity index (χ0) is 16.4. The first-order valence-corrected chi connectivity index (χ1v) is 7.55. The molecule has 3 rings (SSSR count). The molecule has 0 spiro atoms. The highest BCUT2D eigenvalue weighted by Crippen LogP contribution is 2.31. The third-order valence-corrected chi connectivity index (χ3v) is 3.83. The fourth-order valence-electron chi connectivity index (χ4n) is 2.66. The minimum Gasteiger partial charge on any atom is -0.464 e. The molecule has 0 bridgehead atoms. The van der Waals surface area contributed by atoms with E-state index in [2.05, 4.69) is 0 Å². The highest BCUT2D eigenvalue weighted by molar-refractivity contribution is 6.01. The van der Waals surface area contributed by atoms with Gasteiger partial charge in [0.2, 0.25) is 0 Å². The average molecular weight is 306 g/mol. The lowest BCUT2D eigenvalue weighted by Gasteiger charge is -2.06. The van der Waals surface area contributed by atoms with Crippen LogP contribution in [0.15, 0.2) is 68.5 Å². The Balaban J connectivity index is 2.32. The Morgan fingerprint density at radius 2 is 1.87 bits per heavy atom. The highest BCUT2D eigenvalue weighted by atomic mass is 16.4. The van der Waals surface area contributed by atoms with Crippen molar-refractivity contribution in [1.82, 2.24) is 0 Å². The van der Waals surface area contributed by atoms with Crippen molar-refractivity contribution in [3.05, 3.63) is 76.4 Å². The van der Waals surface area contributed by atoms with Crippen molar-refractivity contribution in [2.45, 2.75) is 20.8 Å².